The third-order valence-electron chi connectivity index (χ3n) is 1.57. The summed E-state index contributed by atoms with van der Waals surface area (Å²) in [6.07, 6.45) is 0.665. The Hall–Kier alpha value is -0.120. The molecule has 0 spiro atoms. The molecular formula is C6H13NO2. The van der Waals surface area contributed by atoms with Gasteiger partial charge in [-0.3, -0.25) is 0 Å². The number of β-amino-alcohol motifs (C(OH)–C–C–N with tert-alkyl or cyclic N) is 1. The molecule has 0 aromatic heterocycles. The van der Waals surface area contributed by atoms with Crippen LogP contribution in [0.5, 0.6) is 0 Å². The van der Waals surface area contributed by atoms with E-state index in [0.717, 1.165) is 6.42 Å². The van der Waals surface area contributed by atoms with Gasteiger partial charge in [-0.2, -0.15) is 0 Å². The van der Waals surface area contributed by atoms with Gasteiger partial charge in [0.2, 0.25) is 0 Å². The quantitative estimate of drug-likeness (QED) is 0.523. The zero-order chi connectivity index (χ0) is 6.69. The van der Waals surface area contributed by atoms with E-state index in [1.165, 1.54) is 0 Å². The highest BCUT2D eigenvalue weighted by atomic mass is 16.5. The van der Waals surface area contributed by atoms with Gasteiger partial charge in [-0.15, -0.1) is 0 Å². The van der Waals surface area contributed by atoms with E-state index in [-0.39, 0.29) is 6.10 Å². The van der Waals surface area contributed by atoms with E-state index >= 15 is 0 Å². The fourth-order valence-corrected chi connectivity index (χ4v) is 1.13. The Kier molecular flexibility index (Phi) is 2.45. The van der Waals surface area contributed by atoms with Crippen molar-refractivity contribution in [3.63, 3.8) is 0 Å². The highest BCUT2D eigenvalue weighted by Gasteiger charge is 2.20. The zero-order valence-corrected chi connectivity index (χ0v) is 5.63. The van der Waals surface area contributed by atoms with Crippen LogP contribution in [0.3, 0.4) is 0 Å². The first-order valence-electron chi connectivity index (χ1n) is 3.23. The van der Waals surface area contributed by atoms with E-state index in [1.807, 2.05) is 0 Å². The van der Waals surface area contributed by atoms with Gasteiger partial charge in [-0.05, 0) is 6.42 Å². The molecule has 2 atom stereocenters. The Morgan fingerprint density at radius 1 is 1.78 bits per heavy atom. The summed E-state index contributed by atoms with van der Waals surface area (Å²) in [7, 11) is 1.67. The third-order valence-corrected chi connectivity index (χ3v) is 1.57. The molecule has 0 unspecified atom stereocenters. The van der Waals surface area contributed by atoms with Crippen molar-refractivity contribution >= 4 is 0 Å². The Labute approximate surface area is 55.0 Å². The molecule has 0 radical (unpaired) electrons. The second-order valence-electron chi connectivity index (χ2n) is 2.45. The summed E-state index contributed by atoms with van der Waals surface area (Å²) in [6.45, 7) is 1.42. The molecule has 0 amide bonds. The number of rotatable bonds is 2. The fraction of sp³-hybridized carbons (Fsp3) is 1.00. The average Bonchev–Trinajstić information content (AvgIpc) is 2.17. The van der Waals surface area contributed by atoms with Crippen molar-refractivity contribution in [2.24, 2.45) is 0 Å². The Bertz CT molecular complexity index is 85.1. The molecule has 0 aromatic rings. The Balaban J connectivity index is 2.14. The molecule has 0 bridgehead atoms. The molecule has 1 aliphatic heterocycles. The van der Waals surface area contributed by atoms with Gasteiger partial charge in [-0.1, -0.05) is 0 Å². The highest BCUT2D eigenvalue weighted by molar-refractivity contribution is 4.80. The molecule has 2 N–H and O–H groups in total. The zero-order valence-electron chi connectivity index (χ0n) is 5.63. The topological polar surface area (TPSA) is 41.5 Å². The number of ether oxygens (including phenoxy) is 1. The van der Waals surface area contributed by atoms with E-state index in [4.69, 9.17) is 9.84 Å². The first-order valence-corrected chi connectivity index (χ1v) is 3.23. The third kappa shape index (κ3) is 1.93. The average molecular weight is 131 g/mol. The van der Waals surface area contributed by atoms with Gasteiger partial charge in [0, 0.05) is 19.7 Å². The smallest absolute Gasteiger partial charge is 0.0680 e. The summed E-state index contributed by atoms with van der Waals surface area (Å²) >= 11 is 0. The monoisotopic (exact) mass is 131 g/mol. The van der Waals surface area contributed by atoms with Gasteiger partial charge in [0.25, 0.3) is 0 Å². The van der Waals surface area contributed by atoms with E-state index in [9.17, 15) is 0 Å². The van der Waals surface area contributed by atoms with E-state index < -0.39 is 0 Å². The number of hydrogen-bond donors (Lipinski definition) is 2. The van der Waals surface area contributed by atoms with E-state index in [0.29, 0.717) is 19.2 Å². The minimum Gasteiger partial charge on any atom is -0.392 e. The molecule has 9 heavy (non-hydrogen) atoms. The minimum atomic E-state index is -0.162. The molecule has 0 saturated carbocycles. The Morgan fingerprint density at radius 2 is 2.56 bits per heavy atom. The Morgan fingerprint density at radius 3 is 3.00 bits per heavy atom. The van der Waals surface area contributed by atoms with Crippen LogP contribution in [0.2, 0.25) is 0 Å². The van der Waals surface area contributed by atoms with Crippen molar-refractivity contribution in [3.05, 3.63) is 0 Å². The molecule has 3 nitrogen and oxygen atoms in total. The first-order chi connectivity index (χ1) is 4.33. The summed E-state index contributed by atoms with van der Waals surface area (Å²) in [5, 5.41) is 12.1. The minimum absolute atomic E-state index is 0.162. The normalized spacial score (nSPS) is 35.3. The molecular weight excluding hydrogens is 118 g/mol. The van der Waals surface area contributed by atoms with Crippen LogP contribution in [-0.4, -0.2) is 37.5 Å². The van der Waals surface area contributed by atoms with Crippen LogP contribution in [0.4, 0.5) is 0 Å². The van der Waals surface area contributed by atoms with Crippen molar-refractivity contribution in [1.82, 2.24) is 5.32 Å². The molecule has 54 valence electrons. The molecule has 1 aliphatic rings. The summed E-state index contributed by atoms with van der Waals surface area (Å²) < 4.78 is 4.90. The number of aliphatic hydroxyl groups is 1. The number of nitrogens with one attached hydrogen (secondary N) is 1. The lowest BCUT2D eigenvalue weighted by Crippen LogP contribution is -2.25. The number of methoxy groups -OCH3 is 1. The van der Waals surface area contributed by atoms with Gasteiger partial charge in [0.15, 0.2) is 0 Å². The highest BCUT2D eigenvalue weighted by Crippen LogP contribution is 2.05. The summed E-state index contributed by atoms with van der Waals surface area (Å²) in [5.41, 5.74) is 0. The van der Waals surface area contributed by atoms with Crippen LogP contribution in [0.25, 0.3) is 0 Å². The number of hydrogen-bond acceptors (Lipinski definition) is 3. The lowest BCUT2D eigenvalue weighted by atomic mass is 10.2. The van der Waals surface area contributed by atoms with Gasteiger partial charge in [0.05, 0.1) is 12.7 Å². The fourth-order valence-electron chi connectivity index (χ4n) is 1.13. The lowest BCUT2D eigenvalue weighted by molar-refractivity contribution is 0.157. The second kappa shape index (κ2) is 3.15. The van der Waals surface area contributed by atoms with Crippen LogP contribution in [-0.2, 0) is 4.74 Å². The van der Waals surface area contributed by atoms with Gasteiger partial charge in [-0.25, -0.2) is 0 Å². The molecule has 1 fully saturated rings. The summed E-state index contributed by atoms with van der Waals surface area (Å²) in [6, 6.07) is 0.366. The van der Waals surface area contributed by atoms with E-state index in [1.54, 1.807) is 7.11 Å². The van der Waals surface area contributed by atoms with Gasteiger partial charge < -0.3 is 15.2 Å². The molecule has 1 rings (SSSR count). The van der Waals surface area contributed by atoms with Crippen LogP contribution in [0.15, 0.2) is 0 Å². The standard InChI is InChI=1S/C6H13NO2/c1-9-4-5-2-6(8)3-7-5/h5-8H,2-4H2,1H3/t5-,6-/m1/s1. The molecule has 1 heterocycles. The predicted molar refractivity (Wildman–Crippen MR) is 34.3 cm³/mol. The van der Waals surface area contributed by atoms with Crippen LogP contribution in [0, 0.1) is 0 Å². The molecule has 1 saturated heterocycles. The van der Waals surface area contributed by atoms with Crippen molar-refractivity contribution in [3.8, 4) is 0 Å². The maximum Gasteiger partial charge on any atom is 0.0680 e. The van der Waals surface area contributed by atoms with Crippen molar-refractivity contribution < 1.29 is 9.84 Å². The summed E-state index contributed by atoms with van der Waals surface area (Å²) in [4.78, 5) is 0. The predicted octanol–water partition coefficient (Wildman–Crippen LogP) is -0.644. The van der Waals surface area contributed by atoms with Gasteiger partial charge >= 0.3 is 0 Å². The van der Waals surface area contributed by atoms with Crippen molar-refractivity contribution in [1.29, 1.82) is 0 Å². The second-order valence-corrected chi connectivity index (χ2v) is 2.45. The van der Waals surface area contributed by atoms with Crippen LogP contribution < -0.4 is 5.32 Å². The maximum atomic E-state index is 9.01. The lowest BCUT2D eigenvalue weighted by Gasteiger charge is -2.06. The van der Waals surface area contributed by atoms with Crippen LogP contribution >= 0.6 is 0 Å². The van der Waals surface area contributed by atoms with Crippen molar-refractivity contribution in [2.75, 3.05) is 20.3 Å². The van der Waals surface area contributed by atoms with Gasteiger partial charge in [0.1, 0.15) is 0 Å². The largest absolute Gasteiger partial charge is 0.392 e. The summed E-state index contributed by atoms with van der Waals surface area (Å²) in [5.74, 6) is 0. The van der Waals surface area contributed by atoms with Crippen molar-refractivity contribution in [2.45, 2.75) is 18.6 Å². The van der Waals surface area contributed by atoms with Crippen LogP contribution in [0.1, 0.15) is 6.42 Å². The molecule has 3 heteroatoms. The van der Waals surface area contributed by atoms with E-state index in [2.05, 4.69) is 5.32 Å². The number of aliphatic hydroxyl groups excluding tert-OH is 1. The maximum absolute atomic E-state index is 9.01. The molecule has 0 aromatic carbocycles. The first kappa shape index (κ1) is 6.99. The SMILES string of the molecule is COC[C@H]1C[C@@H](O)CN1. The molecule has 0 aliphatic carbocycles.